The number of nitriles is 1. The number of aliphatic hydroxyl groups excluding tert-OH is 3. The van der Waals surface area contributed by atoms with Crippen LogP contribution < -0.4 is 0 Å². The molecule has 16 nitrogen and oxygen atoms in total. The molecule has 1 aliphatic carbocycles. The monoisotopic (exact) mass is 1100 g/mol. The smallest absolute Gasteiger partial charge is 0.462 e. The van der Waals surface area contributed by atoms with Crippen LogP contribution in [0.1, 0.15) is 211 Å². The van der Waals surface area contributed by atoms with Crippen LogP contribution in [0.2, 0.25) is 0 Å². The van der Waals surface area contributed by atoms with Crippen molar-refractivity contribution in [3.8, 4) is 6.07 Å². The van der Waals surface area contributed by atoms with Gasteiger partial charge in [-0.3, -0.25) is 23.2 Å². The maximum atomic E-state index is 14.8. The van der Waals surface area contributed by atoms with E-state index < -0.39 is 95.9 Å². The molecular weight excluding hydrogens is 1010 g/mol. The lowest BCUT2D eigenvalue weighted by molar-refractivity contribution is -0.270. The van der Waals surface area contributed by atoms with E-state index in [2.05, 4.69) is 13.8 Å². The number of rotatable bonds is 49. The Bertz CT molecular complexity index is 1780. The number of carbonyl (C=O) groups excluding carboxylic acids is 2. The van der Waals surface area contributed by atoms with Gasteiger partial charge in [0.25, 0.3) is 0 Å². The molecule has 0 bridgehead atoms. The topological polar surface area (TPSA) is 219 Å². The molecule has 17 heteroatoms. The molecular formula is C60H98NO15P. The third-order valence-electron chi connectivity index (χ3n) is 13.8. The molecule has 0 heterocycles. The molecule has 438 valence electrons. The highest BCUT2D eigenvalue weighted by Gasteiger charge is 2.54. The van der Waals surface area contributed by atoms with Crippen molar-refractivity contribution in [2.45, 2.75) is 256 Å². The van der Waals surface area contributed by atoms with E-state index >= 15 is 0 Å². The summed E-state index contributed by atoms with van der Waals surface area (Å²) in [6.45, 7) is 2.32. The molecule has 77 heavy (non-hydrogen) atoms. The van der Waals surface area contributed by atoms with Gasteiger partial charge in [-0.15, -0.1) is 0 Å². The number of carbonyl (C=O) groups is 2. The first kappa shape index (κ1) is 68.0. The van der Waals surface area contributed by atoms with Crippen LogP contribution in [-0.2, 0) is 69.4 Å². The number of esters is 2. The van der Waals surface area contributed by atoms with Gasteiger partial charge in [-0.1, -0.05) is 229 Å². The Balaban J connectivity index is 1.69. The van der Waals surface area contributed by atoms with E-state index in [1.807, 2.05) is 66.7 Å². The molecule has 0 spiro atoms. The molecule has 2 aromatic carbocycles. The highest BCUT2D eigenvalue weighted by Crippen LogP contribution is 2.53. The number of benzene rings is 2. The maximum absolute atomic E-state index is 14.8. The summed E-state index contributed by atoms with van der Waals surface area (Å²) in [5.41, 5.74) is 1.66. The lowest BCUT2D eigenvalue weighted by Crippen LogP contribution is -2.65. The summed E-state index contributed by atoms with van der Waals surface area (Å²) in [7, 11) is -4.91. The van der Waals surface area contributed by atoms with Crippen molar-refractivity contribution >= 4 is 19.8 Å². The molecule has 8 atom stereocenters. The number of ether oxygens (including phenoxy) is 6. The summed E-state index contributed by atoms with van der Waals surface area (Å²) in [6, 6.07) is 20.4. The molecule has 0 aliphatic heterocycles. The molecule has 1 aliphatic rings. The number of aliphatic hydroxyl groups is 3. The fourth-order valence-electron chi connectivity index (χ4n) is 9.21. The number of unbranched alkanes of at least 4 members (excludes halogenated alkanes) is 24. The van der Waals surface area contributed by atoms with Crippen LogP contribution in [0.3, 0.4) is 0 Å². The third kappa shape index (κ3) is 31.9. The molecule has 1 fully saturated rings. The second kappa shape index (κ2) is 44.4. The number of nitrogens with zero attached hydrogens (tertiary/aromatic N) is 1. The molecule has 0 amide bonds. The maximum Gasteiger partial charge on any atom is 0.475 e. The quantitative estimate of drug-likeness (QED) is 0.0243. The zero-order valence-corrected chi connectivity index (χ0v) is 47.8. The molecule has 0 radical (unpaired) electrons. The zero-order chi connectivity index (χ0) is 55.4. The minimum atomic E-state index is -4.91. The third-order valence-corrected chi connectivity index (χ3v) is 15.2. The van der Waals surface area contributed by atoms with Gasteiger partial charge in [0.1, 0.15) is 56.8 Å². The van der Waals surface area contributed by atoms with Gasteiger partial charge in [0.05, 0.1) is 38.9 Å². The van der Waals surface area contributed by atoms with E-state index in [-0.39, 0.29) is 32.5 Å². The Morgan fingerprint density at radius 1 is 0.532 bits per heavy atom. The Morgan fingerprint density at radius 2 is 0.935 bits per heavy atom. The fraction of sp³-hybridized carbons (Fsp3) is 0.750. The average molecular weight is 1100 g/mol. The van der Waals surface area contributed by atoms with Gasteiger partial charge < -0.3 is 43.7 Å². The summed E-state index contributed by atoms with van der Waals surface area (Å²) in [6.07, 6.45) is 18.5. The molecule has 1 saturated carbocycles. The summed E-state index contributed by atoms with van der Waals surface area (Å²) < 4.78 is 67.2. The molecule has 3 rings (SSSR count). The Morgan fingerprint density at radius 3 is 1.35 bits per heavy atom. The van der Waals surface area contributed by atoms with Crippen LogP contribution in [0.25, 0.3) is 0 Å². The largest absolute Gasteiger partial charge is 0.475 e. The second-order valence-corrected chi connectivity index (χ2v) is 22.1. The van der Waals surface area contributed by atoms with Gasteiger partial charge in [-0.05, 0) is 24.0 Å². The van der Waals surface area contributed by atoms with Crippen molar-refractivity contribution in [3.05, 3.63) is 71.8 Å². The second-order valence-electron chi connectivity index (χ2n) is 20.5. The summed E-state index contributed by atoms with van der Waals surface area (Å²) >= 11 is 0. The highest BCUT2D eigenvalue weighted by molar-refractivity contribution is 7.48. The molecule has 3 N–H and O–H groups in total. The van der Waals surface area contributed by atoms with E-state index in [1.54, 1.807) is 0 Å². The van der Waals surface area contributed by atoms with E-state index in [0.29, 0.717) is 12.8 Å². The van der Waals surface area contributed by atoms with E-state index in [9.17, 15) is 34.7 Å². The lowest BCUT2D eigenvalue weighted by Gasteiger charge is -2.45. The SMILES string of the molecule is CCCCCCCCCCCCCCCC(=O)OC[C@H](COP(=O)(OCCC#N)OC1[C@H](OCOCc2ccccc2)[C@H](O)C(O)[C@H](O)[C@H]1OCOCc1ccccc1)OC(=O)CCCCCCCCCCCCCCC. The fourth-order valence-corrected chi connectivity index (χ4v) is 10.6. The van der Waals surface area contributed by atoms with Crippen LogP contribution in [0.15, 0.2) is 60.7 Å². The van der Waals surface area contributed by atoms with Crippen LogP contribution >= 0.6 is 7.82 Å². The van der Waals surface area contributed by atoms with E-state index in [0.717, 1.165) is 56.1 Å². The molecule has 0 saturated heterocycles. The molecule has 0 aromatic heterocycles. The predicted molar refractivity (Wildman–Crippen MR) is 296 cm³/mol. The number of phosphoric ester groups is 1. The first-order valence-corrected chi connectivity index (χ1v) is 30.9. The Hall–Kier alpha value is -3.30. The van der Waals surface area contributed by atoms with Crippen molar-refractivity contribution in [1.29, 1.82) is 5.26 Å². The van der Waals surface area contributed by atoms with Gasteiger partial charge in [-0.25, -0.2) is 4.57 Å². The summed E-state index contributed by atoms with van der Waals surface area (Å²) in [4.78, 5) is 26.4. The van der Waals surface area contributed by atoms with Gasteiger partial charge in [-0.2, -0.15) is 5.26 Å². The van der Waals surface area contributed by atoms with Crippen molar-refractivity contribution in [2.24, 2.45) is 0 Å². The van der Waals surface area contributed by atoms with Crippen molar-refractivity contribution in [2.75, 3.05) is 33.4 Å². The summed E-state index contributed by atoms with van der Waals surface area (Å²) in [5, 5.41) is 43.2. The van der Waals surface area contributed by atoms with Crippen LogP contribution in [0, 0.1) is 11.3 Å². The van der Waals surface area contributed by atoms with Crippen LogP contribution in [0.5, 0.6) is 0 Å². The van der Waals surface area contributed by atoms with Gasteiger partial charge in [0.15, 0.2) is 6.10 Å². The van der Waals surface area contributed by atoms with Crippen molar-refractivity contribution in [1.82, 2.24) is 0 Å². The minimum absolute atomic E-state index is 0.102. The highest BCUT2D eigenvalue weighted by atomic mass is 31.2. The van der Waals surface area contributed by atoms with Crippen LogP contribution in [0.4, 0.5) is 0 Å². The molecule has 2 aromatic rings. The number of hydrogen-bond donors (Lipinski definition) is 3. The normalized spacial score (nSPS) is 19.6. The number of phosphoric acid groups is 1. The molecule has 3 unspecified atom stereocenters. The van der Waals surface area contributed by atoms with Crippen molar-refractivity contribution < 1.29 is 71.5 Å². The zero-order valence-electron chi connectivity index (χ0n) is 46.9. The minimum Gasteiger partial charge on any atom is -0.462 e. The Kier molecular flexibility index (Phi) is 39.2. The van der Waals surface area contributed by atoms with E-state index in [1.165, 1.54) is 109 Å². The number of hydrogen-bond acceptors (Lipinski definition) is 16. The predicted octanol–water partition coefficient (Wildman–Crippen LogP) is 13.1. The van der Waals surface area contributed by atoms with Crippen molar-refractivity contribution in [3.63, 3.8) is 0 Å². The first-order chi connectivity index (χ1) is 37.6. The summed E-state index contributed by atoms with van der Waals surface area (Å²) in [5.74, 6) is -1.04. The van der Waals surface area contributed by atoms with Gasteiger partial charge >= 0.3 is 19.8 Å². The first-order valence-electron chi connectivity index (χ1n) is 29.4. The van der Waals surface area contributed by atoms with Gasteiger partial charge in [0.2, 0.25) is 0 Å². The standard InChI is InChI=1S/C60H98NO15P/c1-3-5-7-9-11-13-15-17-19-21-23-25-33-40-53(62)70-46-52(75-54(63)41-34-26-24-22-20-18-16-14-12-10-8-6-4-2)47-74-77(67,73-43-35-42-61)76-60-58(71-48-68-44-50-36-29-27-30-37-50)56(65)55(64)57(66)59(60)72-49-69-45-51-38-31-28-32-39-51/h27-32,36-39,52,55-60,64-66H,3-26,33-35,40-41,43-49H2,1-2H3/t52-,55?,56-,57+,58-,59-,60?,77?/m1/s1. The Labute approximate surface area is 462 Å². The van der Waals surface area contributed by atoms with E-state index in [4.69, 9.17) is 42.0 Å². The van der Waals surface area contributed by atoms with Gasteiger partial charge in [0, 0.05) is 12.8 Å². The van der Waals surface area contributed by atoms with Crippen LogP contribution in [-0.4, -0.2) is 103 Å². The lowest BCUT2D eigenvalue weighted by atomic mass is 9.84. The average Bonchev–Trinajstić information content (AvgIpc) is 3.44.